The molecule has 0 radical (unpaired) electrons. The Morgan fingerprint density at radius 2 is 2.00 bits per heavy atom. The molecule has 4 aromatic rings. The number of hydrogen-bond acceptors (Lipinski definition) is 5. The van der Waals surface area contributed by atoms with Gasteiger partial charge >= 0.3 is 0 Å². The number of rotatable bonds is 6. The third kappa shape index (κ3) is 4.30. The van der Waals surface area contributed by atoms with Crippen LogP contribution in [0.1, 0.15) is 36.5 Å². The van der Waals surface area contributed by atoms with Gasteiger partial charge in [0.05, 0.1) is 11.7 Å². The van der Waals surface area contributed by atoms with E-state index in [0.29, 0.717) is 11.6 Å². The molecule has 7 nitrogen and oxygen atoms in total. The van der Waals surface area contributed by atoms with E-state index in [4.69, 9.17) is 4.74 Å². The molecule has 32 heavy (non-hydrogen) atoms. The van der Waals surface area contributed by atoms with Gasteiger partial charge in [0.2, 0.25) is 0 Å². The highest BCUT2D eigenvalue weighted by molar-refractivity contribution is 5.92. The highest BCUT2D eigenvalue weighted by Gasteiger charge is 2.17. The lowest BCUT2D eigenvalue weighted by Crippen LogP contribution is -2.23. The Bertz CT molecular complexity index is 1330. The first-order chi connectivity index (χ1) is 15.5. The van der Waals surface area contributed by atoms with Crippen molar-refractivity contribution in [1.82, 2.24) is 14.8 Å². The summed E-state index contributed by atoms with van der Waals surface area (Å²) in [5, 5.41) is 17.5. The number of nitriles is 1. The summed E-state index contributed by atoms with van der Waals surface area (Å²) in [5.74, 6) is 1.32. The maximum Gasteiger partial charge on any atom is 0.263 e. The topological polar surface area (TPSA) is 92.8 Å². The molecule has 7 heteroatoms. The summed E-state index contributed by atoms with van der Waals surface area (Å²) >= 11 is 0. The molecule has 0 unspecified atom stereocenters. The van der Waals surface area contributed by atoms with Crippen LogP contribution in [0.15, 0.2) is 60.8 Å². The number of carbonyl (C=O) groups excluding carboxylic acids is 1. The molecule has 0 aliphatic carbocycles. The summed E-state index contributed by atoms with van der Waals surface area (Å²) in [4.78, 5) is 17.3. The Morgan fingerprint density at radius 1 is 1.19 bits per heavy atom. The van der Waals surface area contributed by atoms with Crippen LogP contribution in [-0.4, -0.2) is 27.3 Å². The molecule has 0 fully saturated rings. The molecule has 4 rings (SSSR count). The summed E-state index contributed by atoms with van der Waals surface area (Å²) in [6.45, 7) is 5.94. The van der Waals surface area contributed by atoms with E-state index in [1.807, 2.05) is 55.5 Å². The van der Waals surface area contributed by atoms with E-state index in [0.717, 1.165) is 22.0 Å². The minimum Gasteiger partial charge on any atom is -0.483 e. The zero-order valence-corrected chi connectivity index (χ0v) is 18.2. The minimum absolute atomic E-state index is 0.190. The molecule has 1 amide bonds. The molecule has 2 heterocycles. The van der Waals surface area contributed by atoms with Gasteiger partial charge < -0.3 is 10.1 Å². The molecule has 0 spiro atoms. The zero-order valence-electron chi connectivity index (χ0n) is 18.2. The molecule has 2 aromatic heterocycles. The predicted octanol–water partition coefficient (Wildman–Crippen LogP) is 4.74. The van der Waals surface area contributed by atoms with Gasteiger partial charge in [-0.25, -0.2) is 4.98 Å². The van der Waals surface area contributed by atoms with Crippen LogP contribution in [0.4, 0.5) is 5.82 Å². The van der Waals surface area contributed by atoms with Gasteiger partial charge in [-0.15, -0.1) is 0 Å². The van der Waals surface area contributed by atoms with Crippen molar-refractivity contribution in [2.75, 3.05) is 11.9 Å². The van der Waals surface area contributed by atoms with E-state index in [-0.39, 0.29) is 29.8 Å². The predicted molar refractivity (Wildman–Crippen MR) is 123 cm³/mol. The first-order valence-electron chi connectivity index (χ1n) is 10.3. The fourth-order valence-electron chi connectivity index (χ4n) is 3.45. The van der Waals surface area contributed by atoms with Crippen molar-refractivity contribution in [1.29, 1.82) is 5.26 Å². The van der Waals surface area contributed by atoms with Crippen LogP contribution in [0.2, 0.25) is 0 Å². The Morgan fingerprint density at radius 3 is 2.78 bits per heavy atom. The van der Waals surface area contributed by atoms with Crippen LogP contribution in [0.3, 0.4) is 0 Å². The second-order valence-electron chi connectivity index (χ2n) is 7.83. The lowest BCUT2D eigenvalue weighted by atomic mass is 10.0. The van der Waals surface area contributed by atoms with E-state index >= 15 is 0 Å². The molecule has 0 atom stereocenters. The van der Waals surface area contributed by atoms with Gasteiger partial charge in [-0.05, 0) is 48.2 Å². The third-order valence-corrected chi connectivity index (χ3v) is 5.10. The van der Waals surface area contributed by atoms with Crippen molar-refractivity contribution in [3.05, 3.63) is 77.5 Å². The number of hydrogen-bond donors (Lipinski definition) is 1. The van der Waals surface area contributed by atoms with Gasteiger partial charge in [-0.3, -0.25) is 4.79 Å². The van der Waals surface area contributed by atoms with Crippen molar-refractivity contribution in [2.45, 2.75) is 26.7 Å². The molecule has 0 bridgehead atoms. The van der Waals surface area contributed by atoms with Crippen LogP contribution in [-0.2, 0) is 4.79 Å². The third-order valence-electron chi connectivity index (χ3n) is 5.10. The summed E-state index contributed by atoms with van der Waals surface area (Å²) in [7, 11) is 0. The van der Waals surface area contributed by atoms with Crippen molar-refractivity contribution in [3.63, 3.8) is 0 Å². The van der Waals surface area contributed by atoms with Crippen LogP contribution in [0.25, 0.3) is 16.7 Å². The number of para-hydroxylation sites is 1. The summed E-state index contributed by atoms with van der Waals surface area (Å²) in [6, 6.07) is 19.5. The highest BCUT2D eigenvalue weighted by atomic mass is 16.5. The molecule has 0 saturated carbocycles. The largest absolute Gasteiger partial charge is 0.483 e. The quantitative estimate of drug-likeness (QED) is 0.482. The standard InChI is InChI=1S/C25H23N5O2/c1-16(2)20-10-8-17(3)12-22(20)32-15-24(31)29-25-19(13-26)14-27-30(25)23-11-9-18-6-4-5-7-21(18)28-23/h4-12,14,16H,15H2,1-3H3,(H,29,31). The van der Waals surface area contributed by atoms with Crippen LogP contribution in [0, 0.1) is 18.3 Å². The number of carbonyl (C=O) groups is 1. The lowest BCUT2D eigenvalue weighted by molar-refractivity contribution is -0.118. The number of fused-ring (bicyclic) bond motifs is 1. The molecular formula is C25H23N5O2. The van der Waals surface area contributed by atoms with Crippen LogP contribution in [0.5, 0.6) is 5.75 Å². The number of nitrogens with one attached hydrogen (secondary N) is 1. The van der Waals surface area contributed by atoms with Gasteiger partial charge in [0.25, 0.3) is 5.91 Å². The first-order valence-corrected chi connectivity index (χ1v) is 10.3. The van der Waals surface area contributed by atoms with E-state index in [2.05, 4.69) is 35.3 Å². The fraction of sp³-hybridized carbons (Fsp3) is 0.200. The van der Waals surface area contributed by atoms with Gasteiger partial charge in [-0.1, -0.05) is 44.2 Å². The maximum absolute atomic E-state index is 12.7. The number of nitrogens with zero attached hydrogens (tertiary/aromatic N) is 4. The molecular weight excluding hydrogens is 402 g/mol. The van der Waals surface area contributed by atoms with E-state index in [1.54, 1.807) is 6.07 Å². The summed E-state index contributed by atoms with van der Waals surface area (Å²) in [6.07, 6.45) is 1.41. The van der Waals surface area contributed by atoms with Crippen molar-refractivity contribution in [3.8, 4) is 17.6 Å². The Hall–Kier alpha value is -4.18. The molecule has 1 N–H and O–H groups in total. The number of pyridine rings is 1. The fourth-order valence-corrected chi connectivity index (χ4v) is 3.45. The first kappa shape index (κ1) is 21.1. The number of benzene rings is 2. The molecule has 0 aliphatic rings. The molecule has 2 aromatic carbocycles. The second kappa shape index (κ2) is 8.90. The van der Waals surface area contributed by atoms with E-state index in [1.165, 1.54) is 10.9 Å². The normalized spacial score (nSPS) is 10.8. The van der Waals surface area contributed by atoms with Crippen LogP contribution >= 0.6 is 0 Å². The van der Waals surface area contributed by atoms with Crippen LogP contribution < -0.4 is 10.1 Å². The minimum atomic E-state index is -0.389. The SMILES string of the molecule is Cc1ccc(C(C)C)c(OCC(=O)Nc2c(C#N)cnn2-c2ccc3ccccc3n2)c1. The van der Waals surface area contributed by atoms with Crippen molar-refractivity contribution in [2.24, 2.45) is 0 Å². The second-order valence-corrected chi connectivity index (χ2v) is 7.83. The number of anilines is 1. The Labute approximate surface area is 186 Å². The lowest BCUT2D eigenvalue weighted by Gasteiger charge is -2.15. The van der Waals surface area contributed by atoms with E-state index in [9.17, 15) is 10.1 Å². The number of ether oxygens (including phenoxy) is 1. The van der Waals surface area contributed by atoms with Gasteiger partial charge in [0, 0.05) is 5.39 Å². The maximum atomic E-state index is 12.7. The van der Waals surface area contributed by atoms with Gasteiger partial charge in [0.15, 0.2) is 18.2 Å². The number of amides is 1. The molecule has 0 saturated heterocycles. The average Bonchev–Trinajstić information content (AvgIpc) is 3.19. The zero-order chi connectivity index (χ0) is 22.7. The van der Waals surface area contributed by atoms with Gasteiger partial charge in [0.1, 0.15) is 17.4 Å². The summed E-state index contributed by atoms with van der Waals surface area (Å²) < 4.78 is 7.28. The van der Waals surface area contributed by atoms with Crippen molar-refractivity contribution < 1.29 is 9.53 Å². The Kier molecular flexibility index (Phi) is 5.86. The number of aromatic nitrogens is 3. The average molecular weight is 425 g/mol. The van der Waals surface area contributed by atoms with E-state index < -0.39 is 0 Å². The molecule has 0 aliphatic heterocycles. The van der Waals surface area contributed by atoms with Gasteiger partial charge in [-0.2, -0.15) is 15.0 Å². The molecule has 160 valence electrons. The summed E-state index contributed by atoms with van der Waals surface area (Å²) in [5.41, 5.74) is 3.12. The smallest absolute Gasteiger partial charge is 0.263 e. The highest BCUT2D eigenvalue weighted by Crippen LogP contribution is 2.27. The van der Waals surface area contributed by atoms with Crippen molar-refractivity contribution >= 4 is 22.6 Å². The number of aryl methyl sites for hydroxylation is 1. The monoisotopic (exact) mass is 425 g/mol. The Balaban J connectivity index is 1.57.